The molecule has 2 N–H and O–H groups in total. The van der Waals surface area contributed by atoms with Crippen molar-refractivity contribution in [1.82, 2.24) is 5.16 Å². The fourth-order valence-corrected chi connectivity index (χ4v) is 3.79. The number of nitrogens with zero attached hydrogens (tertiary/aromatic N) is 2. The molecule has 1 atom stereocenters. The van der Waals surface area contributed by atoms with Gasteiger partial charge in [-0.15, -0.1) is 0 Å². The maximum Gasteiger partial charge on any atom is 0.290 e. The third-order valence-corrected chi connectivity index (χ3v) is 5.15. The quantitative estimate of drug-likeness (QED) is 0.632. The summed E-state index contributed by atoms with van der Waals surface area (Å²) in [6.45, 7) is 3.04. The highest BCUT2D eigenvalue weighted by Gasteiger charge is 2.34. The van der Waals surface area contributed by atoms with E-state index >= 15 is 0 Å². The second-order valence-electron chi connectivity index (χ2n) is 6.85. The number of fused-ring (bicyclic) bond motifs is 1. The number of morpholine rings is 1. The van der Waals surface area contributed by atoms with Gasteiger partial charge in [0.25, 0.3) is 6.47 Å². The molecule has 2 aliphatic heterocycles. The highest BCUT2D eigenvalue weighted by molar-refractivity contribution is 5.95. The first-order valence-corrected chi connectivity index (χ1v) is 9.55. The van der Waals surface area contributed by atoms with Gasteiger partial charge in [0.05, 0.1) is 25.0 Å². The number of hydrogen-bond donors (Lipinski definition) is 2. The third kappa shape index (κ3) is 3.92. The minimum absolute atomic E-state index is 0.0769. The van der Waals surface area contributed by atoms with Gasteiger partial charge in [-0.2, -0.15) is 0 Å². The Labute approximate surface area is 172 Å². The summed E-state index contributed by atoms with van der Waals surface area (Å²) < 4.78 is 16.3. The van der Waals surface area contributed by atoms with Crippen LogP contribution in [0.5, 0.6) is 0 Å². The van der Waals surface area contributed by atoms with Crippen LogP contribution in [0.2, 0.25) is 0 Å². The number of carbonyl (C=O) groups excluding carboxylic acids is 1. The minimum Gasteiger partial charge on any atom is -0.483 e. The maximum absolute atomic E-state index is 12.2. The topological polar surface area (TPSA) is 118 Å². The van der Waals surface area contributed by atoms with Gasteiger partial charge in [0.1, 0.15) is 0 Å². The number of carboxylic acid groups (broad SMARTS) is 1. The number of amides is 1. The van der Waals surface area contributed by atoms with E-state index in [1.165, 1.54) is 5.69 Å². The van der Waals surface area contributed by atoms with Gasteiger partial charge < -0.3 is 23.7 Å². The van der Waals surface area contributed by atoms with Crippen LogP contribution < -0.4 is 10.2 Å². The summed E-state index contributed by atoms with van der Waals surface area (Å²) in [6.07, 6.45) is 1.95. The highest BCUT2D eigenvalue weighted by Crippen LogP contribution is 2.43. The van der Waals surface area contributed by atoms with Crippen molar-refractivity contribution >= 4 is 24.0 Å². The van der Waals surface area contributed by atoms with Crippen LogP contribution in [0.25, 0.3) is 11.5 Å². The van der Waals surface area contributed by atoms with Gasteiger partial charge in [-0.05, 0) is 29.8 Å². The van der Waals surface area contributed by atoms with E-state index in [1.54, 1.807) is 6.26 Å². The Morgan fingerprint density at radius 1 is 1.17 bits per heavy atom. The Bertz CT molecular complexity index is 990. The number of anilines is 2. The molecule has 0 saturated carbocycles. The summed E-state index contributed by atoms with van der Waals surface area (Å²) in [5.74, 6) is 0.830. The molecule has 9 heteroatoms. The Morgan fingerprint density at radius 2 is 1.90 bits per heavy atom. The SMILES string of the molecule is O=C1CC(c2ccc(N3CCOCC3)cc2)c2c(-c3ccco3)noc2N1.O=CO. The van der Waals surface area contributed by atoms with E-state index in [1.807, 2.05) is 12.1 Å². The standard InChI is InChI=1S/C20H19N3O4.CH2O2/c24-17-12-15(13-3-5-14(6-4-13)23-7-10-25-11-8-23)18-19(16-2-1-9-26-16)22-27-20(18)21-17;2-1-3/h1-6,9,15H,7-8,10-12H2,(H,21,24);1H,(H,2,3). The van der Waals surface area contributed by atoms with Crippen molar-refractivity contribution in [2.24, 2.45) is 0 Å². The number of nitrogens with one attached hydrogen (secondary N) is 1. The van der Waals surface area contributed by atoms with Crippen LogP contribution in [0, 0.1) is 0 Å². The number of furan rings is 1. The smallest absolute Gasteiger partial charge is 0.290 e. The van der Waals surface area contributed by atoms with E-state index in [0.29, 0.717) is 23.8 Å². The van der Waals surface area contributed by atoms with Crippen molar-refractivity contribution in [3.63, 3.8) is 0 Å². The second kappa shape index (κ2) is 8.83. The van der Waals surface area contributed by atoms with Crippen LogP contribution in [-0.2, 0) is 14.3 Å². The van der Waals surface area contributed by atoms with E-state index < -0.39 is 0 Å². The summed E-state index contributed by atoms with van der Waals surface area (Å²) in [4.78, 5) is 22.8. The molecule has 1 saturated heterocycles. The van der Waals surface area contributed by atoms with E-state index in [2.05, 4.69) is 39.6 Å². The van der Waals surface area contributed by atoms with Crippen LogP contribution >= 0.6 is 0 Å². The first-order chi connectivity index (χ1) is 14.7. The molecule has 1 fully saturated rings. The largest absolute Gasteiger partial charge is 0.483 e. The molecule has 30 heavy (non-hydrogen) atoms. The monoisotopic (exact) mass is 411 g/mol. The average molecular weight is 411 g/mol. The van der Waals surface area contributed by atoms with Crippen LogP contribution in [0.15, 0.2) is 51.6 Å². The number of ether oxygens (including phenoxy) is 1. The number of rotatable bonds is 3. The van der Waals surface area contributed by atoms with Crippen molar-refractivity contribution in [2.75, 3.05) is 36.5 Å². The molecule has 1 amide bonds. The molecule has 2 aliphatic rings. The van der Waals surface area contributed by atoms with Gasteiger partial charge in [-0.25, -0.2) is 0 Å². The summed E-state index contributed by atoms with van der Waals surface area (Å²) in [5, 5.41) is 13.8. The molecular formula is C21H21N3O6. The molecule has 4 heterocycles. The molecule has 9 nitrogen and oxygen atoms in total. The zero-order valence-electron chi connectivity index (χ0n) is 16.1. The van der Waals surface area contributed by atoms with E-state index in [0.717, 1.165) is 37.4 Å². The molecule has 3 aromatic rings. The summed E-state index contributed by atoms with van der Waals surface area (Å²) in [7, 11) is 0. The molecule has 1 unspecified atom stereocenters. The summed E-state index contributed by atoms with van der Waals surface area (Å²) in [5.41, 5.74) is 3.72. The van der Waals surface area contributed by atoms with Gasteiger partial charge in [-0.3, -0.25) is 14.9 Å². The first-order valence-electron chi connectivity index (χ1n) is 9.55. The predicted molar refractivity (Wildman–Crippen MR) is 107 cm³/mol. The van der Waals surface area contributed by atoms with Gasteiger partial charge in [0.15, 0.2) is 11.5 Å². The molecule has 0 radical (unpaired) electrons. The second-order valence-corrected chi connectivity index (χ2v) is 6.85. The van der Waals surface area contributed by atoms with Crippen LogP contribution in [0.4, 0.5) is 11.6 Å². The number of aromatic nitrogens is 1. The Morgan fingerprint density at radius 3 is 2.57 bits per heavy atom. The number of hydrogen-bond acceptors (Lipinski definition) is 7. The molecule has 0 aliphatic carbocycles. The summed E-state index contributed by atoms with van der Waals surface area (Å²) in [6, 6.07) is 12.0. The number of benzene rings is 1. The van der Waals surface area contributed by atoms with Crippen molar-refractivity contribution in [3.05, 3.63) is 53.8 Å². The Hall–Kier alpha value is -3.59. The molecule has 2 aromatic heterocycles. The van der Waals surface area contributed by atoms with Crippen molar-refractivity contribution < 1.29 is 28.4 Å². The summed E-state index contributed by atoms with van der Waals surface area (Å²) >= 11 is 0. The Kier molecular flexibility index (Phi) is 5.80. The van der Waals surface area contributed by atoms with Gasteiger partial charge >= 0.3 is 0 Å². The molecular weight excluding hydrogens is 390 g/mol. The third-order valence-electron chi connectivity index (χ3n) is 5.15. The number of carbonyl (C=O) groups is 2. The molecule has 0 spiro atoms. The Balaban J connectivity index is 0.000000687. The lowest BCUT2D eigenvalue weighted by molar-refractivity contribution is -0.123. The lowest BCUT2D eigenvalue weighted by Crippen LogP contribution is -2.36. The van der Waals surface area contributed by atoms with E-state index in [9.17, 15) is 4.79 Å². The molecule has 0 bridgehead atoms. The van der Waals surface area contributed by atoms with Crippen molar-refractivity contribution in [2.45, 2.75) is 12.3 Å². The highest BCUT2D eigenvalue weighted by atomic mass is 16.5. The van der Waals surface area contributed by atoms with E-state index in [-0.39, 0.29) is 18.3 Å². The minimum atomic E-state index is -0.250. The van der Waals surface area contributed by atoms with E-state index in [4.69, 9.17) is 23.6 Å². The fraction of sp³-hybridized carbons (Fsp3) is 0.286. The molecule has 1 aromatic carbocycles. The lowest BCUT2D eigenvalue weighted by atomic mass is 9.85. The van der Waals surface area contributed by atoms with Crippen molar-refractivity contribution in [1.29, 1.82) is 0 Å². The average Bonchev–Trinajstić information content (AvgIpc) is 3.44. The normalized spacial score (nSPS) is 18.1. The van der Waals surface area contributed by atoms with Gasteiger partial charge in [-0.1, -0.05) is 17.3 Å². The molecule has 5 rings (SSSR count). The maximum atomic E-state index is 12.2. The van der Waals surface area contributed by atoms with Gasteiger partial charge in [0, 0.05) is 31.1 Å². The zero-order chi connectivity index (χ0) is 20.9. The van der Waals surface area contributed by atoms with Crippen LogP contribution in [-0.4, -0.2) is 48.9 Å². The van der Waals surface area contributed by atoms with Crippen molar-refractivity contribution in [3.8, 4) is 11.5 Å². The zero-order valence-corrected chi connectivity index (χ0v) is 16.1. The molecule has 156 valence electrons. The fourth-order valence-electron chi connectivity index (χ4n) is 3.79. The predicted octanol–water partition coefficient (Wildman–Crippen LogP) is 2.95. The van der Waals surface area contributed by atoms with Crippen LogP contribution in [0.1, 0.15) is 23.5 Å². The first kappa shape index (κ1) is 19.7. The van der Waals surface area contributed by atoms with Crippen LogP contribution in [0.3, 0.4) is 0 Å². The lowest BCUT2D eigenvalue weighted by Gasteiger charge is -2.29. The van der Waals surface area contributed by atoms with Gasteiger partial charge in [0.2, 0.25) is 11.8 Å².